The van der Waals surface area contributed by atoms with Gasteiger partial charge in [-0.2, -0.15) is 0 Å². The van der Waals surface area contributed by atoms with Crippen LogP contribution in [0.3, 0.4) is 0 Å². The number of hydrogen-bond donors (Lipinski definition) is 1. The fourth-order valence-electron chi connectivity index (χ4n) is 1.26. The van der Waals surface area contributed by atoms with E-state index in [1.54, 1.807) is 0 Å². The molecule has 0 radical (unpaired) electrons. The molecule has 1 aromatic rings. The summed E-state index contributed by atoms with van der Waals surface area (Å²) in [5, 5.41) is 0. The molecule has 0 saturated carbocycles. The first-order chi connectivity index (χ1) is 5.65. The molecule has 1 rings (SSSR count). The third kappa shape index (κ3) is 1.92. The minimum absolute atomic E-state index is 1.05. The van der Waals surface area contributed by atoms with Gasteiger partial charge in [-0.3, -0.25) is 0 Å². The highest BCUT2D eigenvalue weighted by Gasteiger charge is 1.99. The number of thiol groups is 1. The summed E-state index contributed by atoms with van der Waals surface area (Å²) in [6.07, 6.45) is 2.01. The fourth-order valence-corrected chi connectivity index (χ4v) is 1.51. The van der Waals surface area contributed by atoms with Gasteiger partial charge in [0.25, 0.3) is 0 Å². The van der Waals surface area contributed by atoms with Crippen molar-refractivity contribution in [1.29, 1.82) is 0 Å². The summed E-state index contributed by atoms with van der Waals surface area (Å²) in [6, 6.07) is 6.41. The van der Waals surface area contributed by atoms with Crippen molar-refractivity contribution in [3.63, 3.8) is 0 Å². The Hall–Kier alpha value is -0.690. The number of hydrogen-bond acceptors (Lipinski definition) is 1. The molecule has 12 heavy (non-hydrogen) atoms. The van der Waals surface area contributed by atoms with Crippen molar-refractivity contribution in [2.45, 2.75) is 20.8 Å². The molecule has 0 fully saturated rings. The van der Waals surface area contributed by atoms with Crippen LogP contribution in [0.5, 0.6) is 0 Å². The summed E-state index contributed by atoms with van der Waals surface area (Å²) in [7, 11) is 0. The predicted molar refractivity (Wildman–Crippen MR) is 58.6 cm³/mol. The zero-order chi connectivity index (χ0) is 9.14. The Morgan fingerprint density at radius 2 is 2.00 bits per heavy atom. The highest BCUT2D eigenvalue weighted by Crippen LogP contribution is 2.22. The average Bonchev–Trinajstić information content (AvgIpc) is 2.03. The van der Waals surface area contributed by atoms with Crippen molar-refractivity contribution >= 4 is 17.5 Å². The zero-order valence-electron chi connectivity index (χ0n) is 7.76. The van der Waals surface area contributed by atoms with Crippen molar-refractivity contribution in [3.05, 3.63) is 41.0 Å². The lowest BCUT2D eigenvalue weighted by Crippen LogP contribution is -1.84. The Morgan fingerprint density at radius 1 is 1.33 bits per heavy atom. The normalized spacial score (nSPS) is 11.8. The molecule has 0 saturated heterocycles. The fraction of sp³-hybridized carbons (Fsp3) is 0.273. The molecular weight excluding hydrogens is 164 g/mol. The summed E-state index contributed by atoms with van der Waals surface area (Å²) in [5.74, 6) is 0. The van der Waals surface area contributed by atoms with Gasteiger partial charge in [0.05, 0.1) is 0 Å². The van der Waals surface area contributed by atoms with Crippen molar-refractivity contribution in [3.8, 4) is 0 Å². The molecule has 0 heterocycles. The van der Waals surface area contributed by atoms with E-state index in [1.807, 2.05) is 13.0 Å². The monoisotopic (exact) mass is 178 g/mol. The number of aryl methyl sites for hydroxylation is 2. The van der Waals surface area contributed by atoms with Gasteiger partial charge in [-0.25, -0.2) is 0 Å². The molecular formula is C11H14S. The van der Waals surface area contributed by atoms with E-state index >= 15 is 0 Å². The number of benzene rings is 1. The lowest BCUT2D eigenvalue weighted by atomic mass is 10.1. The van der Waals surface area contributed by atoms with Crippen LogP contribution in [0.25, 0.3) is 4.91 Å². The Labute approximate surface area is 79.7 Å². The molecule has 0 aliphatic heterocycles. The second-order valence-corrected chi connectivity index (χ2v) is 3.47. The minimum Gasteiger partial charge on any atom is -0.143 e. The molecule has 1 heteroatoms. The van der Waals surface area contributed by atoms with Crippen LogP contribution in [0, 0.1) is 13.8 Å². The summed E-state index contributed by atoms with van der Waals surface area (Å²) in [5.41, 5.74) is 3.82. The van der Waals surface area contributed by atoms with Gasteiger partial charge in [-0.1, -0.05) is 29.8 Å². The van der Waals surface area contributed by atoms with Gasteiger partial charge in [-0.05, 0) is 31.9 Å². The Morgan fingerprint density at radius 3 is 2.50 bits per heavy atom. The van der Waals surface area contributed by atoms with E-state index in [0.717, 1.165) is 4.91 Å². The maximum absolute atomic E-state index is 4.38. The van der Waals surface area contributed by atoms with Crippen LogP contribution in [0.1, 0.15) is 23.6 Å². The van der Waals surface area contributed by atoms with E-state index in [-0.39, 0.29) is 0 Å². The van der Waals surface area contributed by atoms with Crippen LogP contribution in [-0.2, 0) is 0 Å². The molecule has 0 aliphatic rings. The van der Waals surface area contributed by atoms with Crippen molar-refractivity contribution in [2.75, 3.05) is 0 Å². The SMILES string of the molecule is C/C=C(/S)c1ccc(C)cc1C. The molecule has 1 aromatic carbocycles. The lowest BCUT2D eigenvalue weighted by molar-refractivity contribution is 1.36. The quantitative estimate of drug-likeness (QED) is 0.624. The number of allylic oxidation sites excluding steroid dienone is 1. The van der Waals surface area contributed by atoms with Crippen LogP contribution >= 0.6 is 12.6 Å². The Kier molecular flexibility index (Phi) is 2.99. The van der Waals surface area contributed by atoms with Gasteiger partial charge in [0.15, 0.2) is 0 Å². The van der Waals surface area contributed by atoms with Gasteiger partial charge in [0, 0.05) is 4.91 Å². The third-order valence-electron chi connectivity index (χ3n) is 1.93. The molecule has 0 nitrogen and oxygen atoms in total. The zero-order valence-corrected chi connectivity index (χ0v) is 8.65. The summed E-state index contributed by atoms with van der Waals surface area (Å²) < 4.78 is 0. The molecule has 0 bridgehead atoms. The largest absolute Gasteiger partial charge is 0.143 e. The van der Waals surface area contributed by atoms with E-state index in [1.165, 1.54) is 16.7 Å². The van der Waals surface area contributed by atoms with Crippen LogP contribution in [-0.4, -0.2) is 0 Å². The maximum Gasteiger partial charge on any atom is 0.00724 e. The lowest BCUT2D eigenvalue weighted by Gasteiger charge is -2.05. The summed E-state index contributed by atoms with van der Waals surface area (Å²) in [4.78, 5) is 1.05. The Bertz CT molecular complexity index is 311. The van der Waals surface area contributed by atoms with Crippen LogP contribution in [0.4, 0.5) is 0 Å². The molecule has 0 atom stereocenters. The van der Waals surface area contributed by atoms with Gasteiger partial charge in [-0.15, -0.1) is 12.6 Å². The van der Waals surface area contributed by atoms with Crippen molar-refractivity contribution in [1.82, 2.24) is 0 Å². The van der Waals surface area contributed by atoms with Gasteiger partial charge < -0.3 is 0 Å². The van der Waals surface area contributed by atoms with Gasteiger partial charge in [0.2, 0.25) is 0 Å². The molecule has 0 unspecified atom stereocenters. The van der Waals surface area contributed by atoms with Gasteiger partial charge in [0.1, 0.15) is 0 Å². The molecule has 0 N–H and O–H groups in total. The van der Waals surface area contributed by atoms with E-state index in [4.69, 9.17) is 0 Å². The third-order valence-corrected chi connectivity index (χ3v) is 2.43. The highest BCUT2D eigenvalue weighted by atomic mass is 32.1. The van der Waals surface area contributed by atoms with E-state index in [2.05, 4.69) is 44.7 Å². The number of rotatable bonds is 1. The van der Waals surface area contributed by atoms with Crippen molar-refractivity contribution < 1.29 is 0 Å². The predicted octanol–water partition coefficient (Wildman–Crippen LogP) is 3.59. The average molecular weight is 178 g/mol. The minimum atomic E-state index is 1.05. The van der Waals surface area contributed by atoms with Crippen LogP contribution in [0.15, 0.2) is 24.3 Å². The molecule has 64 valence electrons. The smallest absolute Gasteiger partial charge is 0.00724 e. The molecule has 0 spiro atoms. The second kappa shape index (κ2) is 3.81. The van der Waals surface area contributed by atoms with Gasteiger partial charge >= 0.3 is 0 Å². The van der Waals surface area contributed by atoms with Crippen LogP contribution < -0.4 is 0 Å². The maximum atomic E-state index is 4.38. The Balaban J connectivity index is 3.18. The first-order valence-corrected chi connectivity index (χ1v) is 4.52. The topological polar surface area (TPSA) is 0 Å². The summed E-state index contributed by atoms with van der Waals surface area (Å²) >= 11 is 4.38. The van der Waals surface area contributed by atoms with Crippen LogP contribution in [0.2, 0.25) is 0 Å². The molecule has 0 amide bonds. The molecule has 0 aromatic heterocycles. The standard InChI is InChI=1S/C11H14S/c1-4-11(12)10-6-5-8(2)7-9(10)3/h4-7,12H,1-3H3/b11-4+. The first-order valence-electron chi connectivity index (χ1n) is 4.08. The van der Waals surface area contributed by atoms with Crippen molar-refractivity contribution in [2.24, 2.45) is 0 Å². The van der Waals surface area contributed by atoms with E-state index in [0.29, 0.717) is 0 Å². The summed E-state index contributed by atoms with van der Waals surface area (Å²) in [6.45, 7) is 6.22. The highest BCUT2D eigenvalue weighted by molar-refractivity contribution is 7.90. The first kappa shape index (κ1) is 9.40. The van der Waals surface area contributed by atoms with E-state index < -0.39 is 0 Å². The van der Waals surface area contributed by atoms with E-state index in [9.17, 15) is 0 Å². The second-order valence-electron chi connectivity index (χ2n) is 2.99. The molecule has 0 aliphatic carbocycles.